The van der Waals surface area contributed by atoms with E-state index < -0.39 is 0 Å². The first kappa shape index (κ1) is 39.0. The molecule has 3 heteroatoms. The van der Waals surface area contributed by atoms with E-state index in [1.54, 1.807) is 0 Å². The van der Waals surface area contributed by atoms with Gasteiger partial charge < -0.3 is 13.6 Å². The van der Waals surface area contributed by atoms with Crippen LogP contribution in [0.2, 0.25) is 0 Å². The normalized spacial score (nSPS) is 15.5. The van der Waals surface area contributed by atoms with Crippen LogP contribution in [-0.2, 0) is 38.5 Å². The standard InChI is InChI=1S/C63H50O3/c1-4-19-58-49(16-1)55-37-43(25-31-61(55)64-58)13-7-10-40-22-28-46-52(34-40)47-29-23-41(11-8-14-44-26-32-62-56(38-44)50-17-2-5-20-59(50)65-62)36-54(47)48-30-24-42(35-53(46)48)12-9-15-45-27-33-63-57(39-45)51-18-3-6-21-60(51)66-63/h1-6,16-39,49,58H,7-15H2. The van der Waals surface area contributed by atoms with Crippen molar-refractivity contribution in [3.63, 3.8) is 0 Å². The number of fused-ring (bicyclic) bond motifs is 15. The average Bonchev–Trinajstić information content (AvgIpc) is 4.05. The van der Waals surface area contributed by atoms with Crippen molar-refractivity contribution in [3.05, 3.63) is 221 Å². The monoisotopic (exact) mass is 854 g/mol. The van der Waals surface area contributed by atoms with Gasteiger partial charge >= 0.3 is 0 Å². The van der Waals surface area contributed by atoms with Crippen LogP contribution in [0.1, 0.15) is 64.1 Å². The van der Waals surface area contributed by atoms with E-state index in [2.05, 4.69) is 170 Å². The van der Waals surface area contributed by atoms with Gasteiger partial charge in [-0.3, -0.25) is 0 Å². The minimum Gasteiger partial charge on any atom is -0.485 e. The van der Waals surface area contributed by atoms with Crippen molar-refractivity contribution >= 4 is 76.2 Å². The molecule has 3 heterocycles. The van der Waals surface area contributed by atoms with Crippen molar-refractivity contribution in [1.82, 2.24) is 0 Å². The highest BCUT2D eigenvalue weighted by molar-refractivity contribution is 6.25. The van der Waals surface area contributed by atoms with Crippen LogP contribution in [0.5, 0.6) is 5.75 Å². The zero-order valence-electron chi connectivity index (χ0n) is 37.1. The third-order valence-corrected chi connectivity index (χ3v) is 14.6. The molecular formula is C63H50O3. The lowest BCUT2D eigenvalue weighted by Gasteiger charge is -2.15. The molecule has 2 atom stereocenters. The number of aryl methyl sites for hydroxylation is 6. The number of benzene rings is 9. The first-order valence-electron chi connectivity index (χ1n) is 24.0. The largest absolute Gasteiger partial charge is 0.485 e. The smallest absolute Gasteiger partial charge is 0.135 e. The Kier molecular flexibility index (Phi) is 9.62. The van der Waals surface area contributed by atoms with E-state index in [9.17, 15) is 0 Å². The number of hydrogen-bond acceptors (Lipinski definition) is 3. The zero-order chi connectivity index (χ0) is 43.6. The highest BCUT2D eigenvalue weighted by Crippen LogP contribution is 2.42. The van der Waals surface area contributed by atoms with E-state index in [1.807, 2.05) is 12.1 Å². The molecule has 2 aliphatic rings. The fraction of sp³-hybridized carbons (Fsp3) is 0.175. The van der Waals surface area contributed by atoms with Crippen molar-refractivity contribution in [3.8, 4) is 5.75 Å². The molecule has 0 spiro atoms. The molecule has 0 N–H and O–H groups in total. The van der Waals surface area contributed by atoms with Gasteiger partial charge in [0.25, 0.3) is 0 Å². The molecule has 320 valence electrons. The molecule has 0 bridgehead atoms. The molecule has 13 rings (SSSR count). The second kappa shape index (κ2) is 16.3. The summed E-state index contributed by atoms with van der Waals surface area (Å²) in [5, 5.41) is 12.9. The lowest BCUT2D eigenvalue weighted by Crippen LogP contribution is -2.15. The molecule has 0 radical (unpaired) electrons. The predicted molar refractivity (Wildman–Crippen MR) is 274 cm³/mol. The molecule has 1 aliphatic carbocycles. The molecule has 0 fully saturated rings. The summed E-state index contributed by atoms with van der Waals surface area (Å²) in [7, 11) is 0. The second-order valence-corrected chi connectivity index (χ2v) is 18.8. The summed E-state index contributed by atoms with van der Waals surface area (Å²) in [5.41, 5.74) is 13.5. The van der Waals surface area contributed by atoms with Gasteiger partial charge in [-0.25, -0.2) is 0 Å². The van der Waals surface area contributed by atoms with Crippen LogP contribution in [0.3, 0.4) is 0 Å². The summed E-state index contributed by atoms with van der Waals surface area (Å²) in [5.74, 6) is 1.36. The van der Waals surface area contributed by atoms with Crippen molar-refractivity contribution in [1.29, 1.82) is 0 Å². The van der Waals surface area contributed by atoms with Crippen molar-refractivity contribution < 1.29 is 13.6 Å². The van der Waals surface area contributed by atoms with Gasteiger partial charge in [-0.1, -0.05) is 133 Å². The van der Waals surface area contributed by atoms with E-state index in [1.165, 1.54) is 92.8 Å². The number of allylic oxidation sites excluding steroid dienone is 2. The van der Waals surface area contributed by atoms with Crippen molar-refractivity contribution in [2.24, 2.45) is 0 Å². The maximum Gasteiger partial charge on any atom is 0.135 e. The Balaban J connectivity index is 0.782. The van der Waals surface area contributed by atoms with Crippen molar-refractivity contribution in [2.75, 3.05) is 0 Å². The maximum atomic E-state index is 6.24. The lowest BCUT2D eigenvalue weighted by molar-refractivity contribution is 0.269. The number of rotatable bonds is 12. The van der Waals surface area contributed by atoms with Gasteiger partial charge in [0.15, 0.2) is 0 Å². The zero-order valence-corrected chi connectivity index (χ0v) is 37.1. The van der Waals surface area contributed by atoms with Gasteiger partial charge in [0.1, 0.15) is 34.2 Å². The molecular weight excluding hydrogens is 805 g/mol. The minimum atomic E-state index is 0.130. The van der Waals surface area contributed by atoms with Crippen LogP contribution < -0.4 is 4.74 Å². The number of hydrogen-bond donors (Lipinski definition) is 0. The van der Waals surface area contributed by atoms with Crippen LogP contribution in [0.4, 0.5) is 0 Å². The van der Waals surface area contributed by atoms with Gasteiger partial charge in [0.05, 0.1) is 0 Å². The molecule has 11 aromatic rings. The summed E-state index contributed by atoms with van der Waals surface area (Å²) in [4.78, 5) is 0. The van der Waals surface area contributed by atoms with Crippen molar-refractivity contribution in [2.45, 2.75) is 69.8 Å². The summed E-state index contributed by atoms with van der Waals surface area (Å²) < 4.78 is 18.5. The third-order valence-electron chi connectivity index (χ3n) is 14.6. The molecule has 9 aromatic carbocycles. The van der Waals surface area contributed by atoms with Gasteiger partial charge in [-0.15, -0.1) is 0 Å². The molecule has 2 aromatic heterocycles. The SMILES string of the molecule is C1=CC2Oc3ccc(CCCc4ccc5c(c4)c4ccc(CCCc6ccc7oc8ccccc8c7c6)cc4c4ccc(CCCc6ccc7oc8ccccc8c7c6)cc54)cc3C2C=C1. The topological polar surface area (TPSA) is 35.5 Å². The first-order valence-corrected chi connectivity index (χ1v) is 24.0. The summed E-state index contributed by atoms with van der Waals surface area (Å²) in [6.07, 6.45) is 18.3. The highest BCUT2D eigenvalue weighted by Gasteiger charge is 2.32. The van der Waals surface area contributed by atoms with E-state index in [0.717, 1.165) is 85.9 Å². The third kappa shape index (κ3) is 7.06. The second-order valence-electron chi connectivity index (χ2n) is 18.8. The van der Waals surface area contributed by atoms with Gasteiger partial charge in [-0.2, -0.15) is 0 Å². The van der Waals surface area contributed by atoms with Crippen LogP contribution in [0.15, 0.2) is 191 Å². The Labute approximate surface area is 384 Å². The molecule has 3 nitrogen and oxygen atoms in total. The Morgan fingerprint density at radius 2 is 0.712 bits per heavy atom. The fourth-order valence-electron chi connectivity index (χ4n) is 11.2. The Bertz CT molecular complexity index is 3590. The molecule has 66 heavy (non-hydrogen) atoms. The molecule has 1 aliphatic heterocycles. The number of ether oxygens (including phenoxy) is 1. The number of furan rings is 2. The molecule has 0 amide bonds. The van der Waals surface area contributed by atoms with Gasteiger partial charge in [0, 0.05) is 33.0 Å². The average molecular weight is 855 g/mol. The Hall–Kier alpha value is -7.36. The number of para-hydroxylation sites is 2. The Morgan fingerprint density at radius 3 is 1.21 bits per heavy atom. The molecule has 0 saturated heterocycles. The summed E-state index contributed by atoms with van der Waals surface area (Å²) >= 11 is 0. The minimum absolute atomic E-state index is 0.130. The van der Waals surface area contributed by atoms with Crippen LogP contribution in [0, 0.1) is 0 Å². The molecule has 2 unspecified atom stereocenters. The van der Waals surface area contributed by atoms with E-state index in [4.69, 9.17) is 13.6 Å². The summed E-state index contributed by atoms with van der Waals surface area (Å²) in [6.45, 7) is 0. The van der Waals surface area contributed by atoms with E-state index >= 15 is 0 Å². The summed E-state index contributed by atoms with van der Waals surface area (Å²) in [6, 6.07) is 58.8. The van der Waals surface area contributed by atoms with E-state index in [0.29, 0.717) is 5.92 Å². The first-order chi connectivity index (χ1) is 32.6. The highest BCUT2D eigenvalue weighted by atomic mass is 16.5. The molecule has 0 saturated carbocycles. The maximum absolute atomic E-state index is 6.24. The lowest BCUT2D eigenvalue weighted by atomic mass is 9.89. The van der Waals surface area contributed by atoms with Crippen LogP contribution >= 0.6 is 0 Å². The fourth-order valence-corrected chi connectivity index (χ4v) is 11.2. The van der Waals surface area contributed by atoms with Gasteiger partial charge in [0.2, 0.25) is 0 Å². The Morgan fingerprint density at radius 1 is 0.318 bits per heavy atom. The predicted octanol–water partition coefficient (Wildman–Crippen LogP) is 16.4. The van der Waals surface area contributed by atoms with Gasteiger partial charge in [-0.05, 0) is 172 Å². The quantitative estimate of drug-likeness (QED) is 0.115. The van der Waals surface area contributed by atoms with Crippen LogP contribution in [0.25, 0.3) is 76.2 Å². The van der Waals surface area contributed by atoms with E-state index in [-0.39, 0.29) is 6.10 Å². The van der Waals surface area contributed by atoms with Crippen LogP contribution in [-0.4, -0.2) is 6.10 Å².